The van der Waals surface area contributed by atoms with Gasteiger partial charge in [0.2, 0.25) is 0 Å². The van der Waals surface area contributed by atoms with Crippen LogP contribution in [-0.2, 0) is 13.1 Å². The van der Waals surface area contributed by atoms with Crippen molar-refractivity contribution in [2.75, 3.05) is 5.73 Å². The van der Waals surface area contributed by atoms with Crippen LogP contribution in [0, 0.1) is 5.82 Å². The Kier molecular flexibility index (Phi) is 4.13. The number of hydrogen-bond donors (Lipinski definition) is 1. The normalized spacial score (nSPS) is 14.6. The summed E-state index contributed by atoms with van der Waals surface area (Å²) in [5.74, 6) is -0.366. The van der Waals surface area contributed by atoms with Crippen molar-refractivity contribution in [2.45, 2.75) is 32.0 Å². The number of benzene rings is 2. The molecule has 3 rings (SSSR count). The molecule has 0 spiro atoms. The molecule has 21 heavy (non-hydrogen) atoms. The summed E-state index contributed by atoms with van der Waals surface area (Å²) in [6.07, 6.45) is 2.44. The lowest BCUT2D eigenvalue weighted by atomic mass is 10.1. The average molecular weight is 305 g/mol. The smallest absolute Gasteiger partial charge is 0.141 e. The van der Waals surface area contributed by atoms with E-state index in [0.29, 0.717) is 6.04 Å². The lowest BCUT2D eigenvalue weighted by Crippen LogP contribution is -2.25. The molecule has 1 aliphatic carbocycles. The molecule has 2 aromatic carbocycles. The van der Waals surface area contributed by atoms with E-state index in [1.165, 1.54) is 24.5 Å². The van der Waals surface area contributed by atoms with E-state index in [-0.39, 0.29) is 10.8 Å². The lowest BCUT2D eigenvalue weighted by molar-refractivity contribution is 0.246. The van der Waals surface area contributed by atoms with E-state index in [1.807, 2.05) is 18.2 Å². The molecule has 2 aromatic rings. The first-order valence-electron chi connectivity index (χ1n) is 7.14. The van der Waals surface area contributed by atoms with E-state index >= 15 is 0 Å². The second-order valence-corrected chi connectivity index (χ2v) is 6.04. The molecule has 4 heteroatoms. The number of hydrogen-bond acceptors (Lipinski definition) is 2. The highest BCUT2D eigenvalue weighted by atomic mass is 35.5. The molecule has 0 saturated heterocycles. The first-order valence-corrected chi connectivity index (χ1v) is 7.52. The number of nitrogen functional groups attached to an aromatic ring is 1. The molecule has 0 aromatic heterocycles. The van der Waals surface area contributed by atoms with Gasteiger partial charge in [-0.25, -0.2) is 4.39 Å². The fraction of sp³-hybridized carbons (Fsp3) is 0.294. The minimum Gasteiger partial charge on any atom is -0.399 e. The quantitative estimate of drug-likeness (QED) is 0.838. The van der Waals surface area contributed by atoms with Crippen LogP contribution in [-0.4, -0.2) is 10.9 Å². The van der Waals surface area contributed by atoms with Crippen molar-refractivity contribution in [2.24, 2.45) is 0 Å². The van der Waals surface area contributed by atoms with Gasteiger partial charge in [0, 0.05) is 24.8 Å². The van der Waals surface area contributed by atoms with Gasteiger partial charge in [0.1, 0.15) is 5.82 Å². The van der Waals surface area contributed by atoms with Crippen LogP contribution in [0.5, 0.6) is 0 Å². The predicted molar refractivity (Wildman–Crippen MR) is 84.5 cm³/mol. The Labute approximate surface area is 129 Å². The van der Waals surface area contributed by atoms with Crippen LogP contribution in [0.15, 0.2) is 42.5 Å². The van der Waals surface area contributed by atoms with Gasteiger partial charge >= 0.3 is 0 Å². The highest BCUT2D eigenvalue weighted by Gasteiger charge is 2.29. The van der Waals surface area contributed by atoms with Crippen molar-refractivity contribution < 1.29 is 4.39 Å². The number of nitrogens with zero attached hydrogens (tertiary/aromatic N) is 1. The van der Waals surface area contributed by atoms with Crippen molar-refractivity contribution in [3.05, 3.63) is 64.4 Å². The third kappa shape index (κ3) is 3.74. The Bertz CT molecular complexity index is 640. The molecule has 110 valence electrons. The molecule has 2 nitrogen and oxygen atoms in total. The molecule has 0 amide bonds. The van der Waals surface area contributed by atoms with E-state index in [2.05, 4.69) is 11.0 Å². The van der Waals surface area contributed by atoms with Crippen LogP contribution < -0.4 is 5.73 Å². The Morgan fingerprint density at radius 3 is 2.43 bits per heavy atom. The second-order valence-electron chi connectivity index (χ2n) is 5.63. The number of halogens is 2. The van der Waals surface area contributed by atoms with Gasteiger partial charge in [0.05, 0.1) is 5.02 Å². The van der Waals surface area contributed by atoms with Crippen LogP contribution in [0.2, 0.25) is 5.02 Å². The summed E-state index contributed by atoms with van der Waals surface area (Å²) in [6, 6.07) is 13.5. The first kappa shape index (κ1) is 14.4. The molecule has 0 radical (unpaired) electrons. The highest BCUT2D eigenvalue weighted by Crippen LogP contribution is 2.30. The number of anilines is 1. The zero-order valence-electron chi connectivity index (χ0n) is 11.7. The molecule has 1 saturated carbocycles. The van der Waals surface area contributed by atoms with Crippen molar-refractivity contribution in [3.63, 3.8) is 0 Å². The zero-order valence-corrected chi connectivity index (χ0v) is 12.5. The van der Waals surface area contributed by atoms with Gasteiger partial charge in [-0.05, 0) is 48.2 Å². The van der Waals surface area contributed by atoms with Crippen molar-refractivity contribution in [3.8, 4) is 0 Å². The van der Waals surface area contributed by atoms with Crippen LogP contribution in [0.3, 0.4) is 0 Å². The van der Waals surface area contributed by atoms with Gasteiger partial charge < -0.3 is 5.73 Å². The molecule has 0 aliphatic heterocycles. The number of rotatable bonds is 5. The van der Waals surface area contributed by atoms with Gasteiger partial charge in [-0.3, -0.25) is 4.90 Å². The van der Waals surface area contributed by atoms with E-state index in [1.54, 1.807) is 12.1 Å². The zero-order chi connectivity index (χ0) is 14.8. The second kappa shape index (κ2) is 6.04. The maximum absolute atomic E-state index is 13.2. The Morgan fingerprint density at radius 2 is 1.81 bits per heavy atom. The molecule has 1 aliphatic rings. The van der Waals surface area contributed by atoms with Crippen molar-refractivity contribution in [1.29, 1.82) is 0 Å². The topological polar surface area (TPSA) is 29.3 Å². The summed E-state index contributed by atoms with van der Waals surface area (Å²) < 4.78 is 13.2. The third-order valence-electron chi connectivity index (χ3n) is 3.77. The fourth-order valence-electron chi connectivity index (χ4n) is 2.55. The first-order chi connectivity index (χ1) is 10.1. The third-order valence-corrected chi connectivity index (χ3v) is 4.06. The molecule has 0 heterocycles. The Balaban J connectivity index is 1.74. The number of nitrogens with two attached hydrogens (primary N) is 1. The maximum Gasteiger partial charge on any atom is 0.141 e. The summed E-state index contributed by atoms with van der Waals surface area (Å²) in [7, 11) is 0. The highest BCUT2D eigenvalue weighted by molar-refractivity contribution is 6.30. The van der Waals surface area contributed by atoms with Crippen molar-refractivity contribution >= 4 is 17.3 Å². The average Bonchev–Trinajstić information content (AvgIpc) is 3.27. The fourth-order valence-corrected chi connectivity index (χ4v) is 2.76. The van der Waals surface area contributed by atoms with E-state index < -0.39 is 0 Å². The summed E-state index contributed by atoms with van der Waals surface area (Å²) in [4.78, 5) is 2.40. The summed E-state index contributed by atoms with van der Waals surface area (Å²) in [5.41, 5.74) is 8.87. The maximum atomic E-state index is 13.2. The van der Waals surface area contributed by atoms with Crippen molar-refractivity contribution in [1.82, 2.24) is 4.90 Å². The van der Waals surface area contributed by atoms with E-state index in [4.69, 9.17) is 17.3 Å². The molecule has 1 fully saturated rings. The SMILES string of the molecule is Nc1cccc(CN(Cc2ccc(F)c(Cl)c2)C2CC2)c1. The van der Waals surface area contributed by atoms with Gasteiger partial charge in [0.15, 0.2) is 0 Å². The predicted octanol–water partition coefficient (Wildman–Crippen LogP) is 4.23. The minimum atomic E-state index is -0.366. The Hall–Kier alpha value is -1.58. The Morgan fingerprint density at radius 1 is 1.10 bits per heavy atom. The molecule has 0 bridgehead atoms. The summed E-state index contributed by atoms with van der Waals surface area (Å²) in [6.45, 7) is 1.63. The lowest BCUT2D eigenvalue weighted by Gasteiger charge is -2.22. The van der Waals surface area contributed by atoms with Crippen LogP contribution in [0.4, 0.5) is 10.1 Å². The minimum absolute atomic E-state index is 0.187. The monoisotopic (exact) mass is 304 g/mol. The van der Waals surface area contributed by atoms with Gasteiger partial charge in [-0.15, -0.1) is 0 Å². The standard InChI is InChI=1S/C17H18ClFN2/c18-16-9-13(4-7-17(16)19)11-21(15-5-6-15)10-12-2-1-3-14(20)8-12/h1-4,7-9,15H,5-6,10-11,20H2. The van der Waals surface area contributed by atoms with E-state index in [0.717, 1.165) is 24.3 Å². The molecular formula is C17H18ClFN2. The summed E-state index contributed by atoms with van der Waals surface area (Å²) >= 11 is 5.86. The molecule has 2 N–H and O–H groups in total. The molecule has 0 unspecified atom stereocenters. The largest absolute Gasteiger partial charge is 0.399 e. The van der Waals surface area contributed by atoms with Crippen LogP contribution in [0.1, 0.15) is 24.0 Å². The van der Waals surface area contributed by atoms with Gasteiger partial charge in [-0.2, -0.15) is 0 Å². The molecule has 0 atom stereocenters. The molecular weight excluding hydrogens is 287 g/mol. The van der Waals surface area contributed by atoms with Gasteiger partial charge in [0.25, 0.3) is 0 Å². The van der Waals surface area contributed by atoms with Crippen LogP contribution >= 0.6 is 11.6 Å². The summed E-state index contributed by atoms with van der Waals surface area (Å²) in [5, 5.41) is 0.187. The van der Waals surface area contributed by atoms with Gasteiger partial charge in [-0.1, -0.05) is 29.8 Å². The van der Waals surface area contributed by atoms with E-state index in [9.17, 15) is 4.39 Å². The van der Waals surface area contributed by atoms with Crippen LogP contribution in [0.25, 0.3) is 0 Å².